The van der Waals surface area contributed by atoms with Gasteiger partial charge in [0.15, 0.2) is 0 Å². The van der Waals surface area contributed by atoms with Crippen LogP contribution in [-0.4, -0.2) is 26.2 Å². The Morgan fingerprint density at radius 2 is 2.00 bits per heavy atom. The molecule has 0 bridgehead atoms. The molecule has 0 fully saturated rings. The number of carbonyl (C=O) groups excluding carboxylic acids is 1. The zero-order valence-corrected chi connectivity index (χ0v) is 11.7. The van der Waals surface area contributed by atoms with E-state index >= 15 is 0 Å². The second-order valence-electron chi connectivity index (χ2n) is 4.00. The van der Waals surface area contributed by atoms with E-state index in [9.17, 15) is 4.79 Å². The van der Waals surface area contributed by atoms with Crippen LogP contribution < -0.4 is 4.90 Å². The molecule has 96 valence electrons. The Balaban J connectivity index is 2.42. The van der Waals surface area contributed by atoms with Crippen LogP contribution in [0.2, 0.25) is 0 Å². The van der Waals surface area contributed by atoms with Crippen molar-refractivity contribution in [2.45, 2.75) is 13.8 Å². The van der Waals surface area contributed by atoms with E-state index in [1.54, 1.807) is 0 Å². The maximum Gasteiger partial charge on any atom is 0.348 e. The average Bonchev–Trinajstić information content (AvgIpc) is 2.82. The summed E-state index contributed by atoms with van der Waals surface area (Å²) in [7, 11) is 1.41. The first-order valence-electron chi connectivity index (χ1n) is 6.06. The summed E-state index contributed by atoms with van der Waals surface area (Å²) in [4.78, 5) is 14.4. The van der Waals surface area contributed by atoms with Gasteiger partial charge >= 0.3 is 5.97 Å². The lowest BCUT2D eigenvalue weighted by atomic mass is 10.2. The normalized spacial score (nSPS) is 10.6. The molecule has 1 heterocycles. The van der Waals surface area contributed by atoms with Crippen molar-refractivity contribution in [3.05, 3.63) is 29.1 Å². The minimum Gasteiger partial charge on any atom is -0.465 e. The van der Waals surface area contributed by atoms with Crippen LogP contribution >= 0.6 is 11.3 Å². The summed E-state index contributed by atoms with van der Waals surface area (Å²) >= 11 is 1.48. The first kappa shape index (κ1) is 12.9. The minimum absolute atomic E-state index is 0.263. The molecule has 0 atom stereocenters. The highest BCUT2D eigenvalue weighted by atomic mass is 32.1. The molecule has 2 aromatic rings. The highest BCUT2D eigenvalue weighted by Gasteiger charge is 2.11. The molecule has 18 heavy (non-hydrogen) atoms. The number of rotatable bonds is 4. The predicted molar refractivity (Wildman–Crippen MR) is 76.7 cm³/mol. The molecular formula is C14H17NO2S. The van der Waals surface area contributed by atoms with Crippen molar-refractivity contribution in [3.8, 4) is 0 Å². The smallest absolute Gasteiger partial charge is 0.348 e. The second kappa shape index (κ2) is 5.40. The number of hydrogen-bond acceptors (Lipinski definition) is 4. The molecule has 3 nitrogen and oxygen atoms in total. The number of carbonyl (C=O) groups is 1. The summed E-state index contributed by atoms with van der Waals surface area (Å²) in [6.07, 6.45) is 0. The van der Waals surface area contributed by atoms with E-state index in [0.29, 0.717) is 4.88 Å². The largest absolute Gasteiger partial charge is 0.465 e. The average molecular weight is 263 g/mol. The predicted octanol–water partition coefficient (Wildman–Crippen LogP) is 3.53. The van der Waals surface area contributed by atoms with Gasteiger partial charge in [0.1, 0.15) is 4.88 Å². The second-order valence-corrected chi connectivity index (χ2v) is 5.08. The molecule has 1 aromatic carbocycles. The van der Waals surface area contributed by atoms with Gasteiger partial charge in [0.2, 0.25) is 0 Å². The highest BCUT2D eigenvalue weighted by molar-refractivity contribution is 7.20. The third-order valence-electron chi connectivity index (χ3n) is 3.02. The van der Waals surface area contributed by atoms with E-state index in [2.05, 4.69) is 36.9 Å². The van der Waals surface area contributed by atoms with Gasteiger partial charge in [0, 0.05) is 23.5 Å². The van der Waals surface area contributed by atoms with Crippen LogP contribution in [0.5, 0.6) is 0 Å². The summed E-state index contributed by atoms with van der Waals surface area (Å²) in [5.41, 5.74) is 1.20. The van der Waals surface area contributed by atoms with Gasteiger partial charge in [-0.2, -0.15) is 0 Å². The fraction of sp³-hybridized carbons (Fsp3) is 0.357. The van der Waals surface area contributed by atoms with Crippen LogP contribution in [0.1, 0.15) is 23.5 Å². The van der Waals surface area contributed by atoms with E-state index in [1.807, 2.05) is 6.07 Å². The fourth-order valence-electron chi connectivity index (χ4n) is 2.01. The van der Waals surface area contributed by atoms with Crippen LogP contribution in [0, 0.1) is 0 Å². The lowest BCUT2D eigenvalue weighted by molar-refractivity contribution is 0.0606. The monoisotopic (exact) mass is 263 g/mol. The molecule has 0 amide bonds. The van der Waals surface area contributed by atoms with Crippen LogP contribution in [0.25, 0.3) is 10.1 Å². The number of nitrogens with zero attached hydrogens (tertiary/aromatic N) is 1. The van der Waals surface area contributed by atoms with E-state index in [0.717, 1.165) is 23.2 Å². The van der Waals surface area contributed by atoms with Gasteiger partial charge in [-0.15, -0.1) is 11.3 Å². The van der Waals surface area contributed by atoms with Crippen molar-refractivity contribution in [1.82, 2.24) is 0 Å². The number of ether oxygens (including phenoxy) is 1. The Labute approximate surface area is 111 Å². The number of methoxy groups -OCH3 is 1. The standard InChI is InChI=1S/C14H17NO2S/c1-4-15(5-2)11-7-6-10-8-13(14(16)17-3)18-12(10)9-11/h6-9H,4-5H2,1-3H3. The minimum atomic E-state index is -0.263. The van der Waals surface area contributed by atoms with Crippen LogP contribution in [0.4, 0.5) is 5.69 Å². The molecule has 0 saturated heterocycles. The highest BCUT2D eigenvalue weighted by Crippen LogP contribution is 2.30. The molecule has 0 radical (unpaired) electrons. The molecule has 0 spiro atoms. The van der Waals surface area contributed by atoms with Crippen LogP contribution in [-0.2, 0) is 4.74 Å². The van der Waals surface area contributed by atoms with E-state index in [-0.39, 0.29) is 5.97 Å². The van der Waals surface area contributed by atoms with E-state index < -0.39 is 0 Å². The third kappa shape index (κ3) is 2.34. The van der Waals surface area contributed by atoms with Crippen molar-refractivity contribution in [2.24, 2.45) is 0 Å². The van der Waals surface area contributed by atoms with Gasteiger partial charge in [0.05, 0.1) is 7.11 Å². The van der Waals surface area contributed by atoms with Crippen molar-refractivity contribution in [2.75, 3.05) is 25.1 Å². The van der Waals surface area contributed by atoms with Crippen molar-refractivity contribution in [1.29, 1.82) is 0 Å². The number of fused-ring (bicyclic) bond motifs is 1. The first-order chi connectivity index (χ1) is 8.69. The SMILES string of the molecule is CCN(CC)c1ccc2cc(C(=O)OC)sc2c1. The number of hydrogen-bond donors (Lipinski definition) is 0. The maximum absolute atomic E-state index is 11.5. The maximum atomic E-state index is 11.5. The summed E-state index contributed by atoms with van der Waals surface area (Å²) in [5.74, 6) is -0.263. The molecule has 1 aromatic heterocycles. The van der Waals surface area contributed by atoms with Gasteiger partial charge in [-0.25, -0.2) is 4.79 Å². The number of thiophene rings is 1. The van der Waals surface area contributed by atoms with Crippen LogP contribution in [0.15, 0.2) is 24.3 Å². The zero-order chi connectivity index (χ0) is 13.1. The van der Waals surface area contributed by atoms with E-state index in [1.165, 1.54) is 24.1 Å². The Morgan fingerprint density at radius 1 is 1.28 bits per heavy atom. The Bertz CT molecular complexity index is 558. The topological polar surface area (TPSA) is 29.5 Å². The number of esters is 1. The van der Waals surface area contributed by atoms with Gasteiger partial charge in [-0.3, -0.25) is 0 Å². The quantitative estimate of drug-likeness (QED) is 0.790. The Kier molecular flexibility index (Phi) is 3.87. The summed E-state index contributed by atoms with van der Waals surface area (Å²) in [6.45, 7) is 6.25. The molecule has 0 unspecified atom stereocenters. The van der Waals surface area contributed by atoms with Gasteiger partial charge in [0.25, 0.3) is 0 Å². The van der Waals surface area contributed by atoms with E-state index in [4.69, 9.17) is 4.74 Å². The Hall–Kier alpha value is -1.55. The molecule has 0 aliphatic heterocycles. The zero-order valence-electron chi connectivity index (χ0n) is 10.9. The molecule has 0 saturated carbocycles. The lowest BCUT2D eigenvalue weighted by Crippen LogP contribution is -2.21. The van der Waals surface area contributed by atoms with Gasteiger partial charge in [-0.1, -0.05) is 6.07 Å². The fourth-order valence-corrected chi connectivity index (χ4v) is 3.02. The van der Waals surface area contributed by atoms with Crippen molar-refractivity contribution in [3.63, 3.8) is 0 Å². The summed E-state index contributed by atoms with van der Waals surface area (Å²) in [6, 6.07) is 8.19. The molecule has 0 N–H and O–H groups in total. The Morgan fingerprint density at radius 3 is 2.61 bits per heavy atom. The number of benzene rings is 1. The lowest BCUT2D eigenvalue weighted by Gasteiger charge is -2.20. The number of anilines is 1. The third-order valence-corrected chi connectivity index (χ3v) is 4.10. The summed E-state index contributed by atoms with van der Waals surface area (Å²) < 4.78 is 5.87. The van der Waals surface area contributed by atoms with Gasteiger partial charge in [-0.05, 0) is 37.4 Å². The van der Waals surface area contributed by atoms with Crippen molar-refractivity contribution >= 4 is 33.1 Å². The van der Waals surface area contributed by atoms with Crippen LogP contribution in [0.3, 0.4) is 0 Å². The molecular weight excluding hydrogens is 246 g/mol. The molecule has 4 heteroatoms. The summed E-state index contributed by atoms with van der Waals surface area (Å²) in [5, 5.41) is 1.09. The molecule has 0 aliphatic carbocycles. The van der Waals surface area contributed by atoms with Gasteiger partial charge < -0.3 is 9.64 Å². The van der Waals surface area contributed by atoms with Crippen molar-refractivity contribution < 1.29 is 9.53 Å². The first-order valence-corrected chi connectivity index (χ1v) is 6.88. The molecule has 0 aliphatic rings. The molecule has 2 rings (SSSR count).